The fraction of sp³-hybridized carbons (Fsp3) is 0.412. The predicted octanol–water partition coefficient (Wildman–Crippen LogP) is 2.01. The number of nitrogens with one attached hydrogen (secondary N) is 2. The molecule has 0 radical (unpaired) electrons. The molecule has 1 aliphatic heterocycles. The summed E-state index contributed by atoms with van der Waals surface area (Å²) in [6.07, 6.45) is 5.17. The second-order valence-electron chi connectivity index (χ2n) is 6.20. The van der Waals surface area contributed by atoms with Gasteiger partial charge in [-0.1, -0.05) is 25.1 Å². The summed E-state index contributed by atoms with van der Waals surface area (Å²) in [5, 5.41) is 5.07. The maximum Gasteiger partial charge on any atom is 0.240 e. The first-order chi connectivity index (χ1) is 11.5. The van der Waals surface area contributed by atoms with Crippen LogP contribution in [0.4, 0.5) is 0 Å². The number of amides is 1. The molecule has 3 rings (SSSR count). The molecule has 1 aliphatic rings. The van der Waals surface area contributed by atoms with Gasteiger partial charge in [0.05, 0.1) is 17.7 Å². The number of aromatic nitrogens is 1. The van der Waals surface area contributed by atoms with E-state index in [-0.39, 0.29) is 29.8 Å². The largest absolute Gasteiger partial charge is 0.360 e. The monoisotopic (exact) mass is 347 g/mol. The van der Waals surface area contributed by atoms with Gasteiger partial charge in [-0.15, -0.1) is 0 Å². The number of carbonyl (C=O) groups excluding carboxylic acids is 1. The maximum absolute atomic E-state index is 11.9. The van der Waals surface area contributed by atoms with Gasteiger partial charge in [-0.25, -0.2) is 13.8 Å². The van der Waals surface area contributed by atoms with Crippen molar-refractivity contribution in [3.63, 3.8) is 0 Å². The van der Waals surface area contributed by atoms with E-state index in [1.165, 1.54) is 5.56 Å². The molecule has 0 saturated carbocycles. The van der Waals surface area contributed by atoms with E-state index < -0.39 is 9.84 Å². The summed E-state index contributed by atoms with van der Waals surface area (Å²) in [5.41, 5.74) is 5.72. The summed E-state index contributed by atoms with van der Waals surface area (Å²) in [6, 6.07) is 6.10. The molecule has 1 fully saturated rings. The van der Waals surface area contributed by atoms with E-state index in [1.807, 2.05) is 18.3 Å². The first-order valence-electron chi connectivity index (χ1n) is 8.10. The summed E-state index contributed by atoms with van der Waals surface area (Å²) in [6.45, 7) is 2.10. The first kappa shape index (κ1) is 16.7. The lowest BCUT2D eigenvalue weighted by molar-refractivity contribution is -0.121. The molecule has 6 nitrogen and oxygen atoms in total. The number of H-pyrrole nitrogens is 1. The minimum Gasteiger partial charge on any atom is -0.360 e. The number of nitrogens with zero attached hydrogens (tertiary/aromatic N) is 1. The Hall–Kier alpha value is -2.15. The quantitative estimate of drug-likeness (QED) is 0.640. The number of hydrogen-bond donors (Lipinski definition) is 2. The van der Waals surface area contributed by atoms with Gasteiger partial charge in [-0.3, -0.25) is 4.79 Å². The van der Waals surface area contributed by atoms with Gasteiger partial charge >= 0.3 is 0 Å². The van der Waals surface area contributed by atoms with Crippen molar-refractivity contribution in [1.29, 1.82) is 0 Å². The summed E-state index contributed by atoms with van der Waals surface area (Å²) in [5.74, 6) is -0.0526. The van der Waals surface area contributed by atoms with E-state index >= 15 is 0 Å². The van der Waals surface area contributed by atoms with Crippen LogP contribution < -0.4 is 5.43 Å². The highest BCUT2D eigenvalue weighted by molar-refractivity contribution is 7.91. The van der Waals surface area contributed by atoms with Crippen LogP contribution in [0.1, 0.15) is 30.9 Å². The SMILES string of the molecule is CCc1cccc2c(/C=N/NC(=O)C[C@@H]3CCS(=O)(=O)C3)c[nH]c12. The molecule has 1 amide bonds. The lowest BCUT2D eigenvalue weighted by Gasteiger charge is -2.05. The normalized spacial score (nSPS) is 20.0. The van der Waals surface area contributed by atoms with Gasteiger partial charge in [0, 0.05) is 29.1 Å². The van der Waals surface area contributed by atoms with E-state index in [0.29, 0.717) is 6.42 Å². The third kappa shape index (κ3) is 3.67. The third-order valence-electron chi connectivity index (χ3n) is 4.41. The van der Waals surface area contributed by atoms with E-state index in [9.17, 15) is 13.2 Å². The van der Waals surface area contributed by atoms with Gasteiger partial charge in [0.25, 0.3) is 0 Å². The van der Waals surface area contributed by atoms with Crippen molar-refractivity contribution >= 4 is 32.9 Å². The Morgan fingerprint density at radius 3 is 3.00 bits per heavy atom. The van der Waals surface area contributed by atoms with Gasteiger partial charge in [0.2, 0.25) is 5.91 Å². The zero-order valence-electron chi connectivity index (χ0n) is 13.6. The highest BCUT2D eigenvalue weighted by atomic mass is 32.2. The lowest BCUT2D eigenvalue weighted by atomic mass is 10.1. The Morgan fingerprint density at radius 2 is 2.29 bits per heavy atom. The van der Waals surface area contributed by atoms with E-state index in [1.54, 1.807) is 6.21 Å². The zero-order chi connectivity index (χ0) is 17.2. The van der Waals surface area contributed by atoms with Crippen molar-refractivity contribution in [2.45, 2.75) is 26.2 Å². The highest BCUT2D eigenvalue weighted by Gasteiger charge is 2.29. The van der Waals surface area contributed by atoms with Crippen LogP contribution in [0.15, 0.2) is 29.5 Å². The number of aromatic amines is 1. The highest BCUT2D eigenvalue weighted by Crippen LogP contribution is 2.22. The van der Waals surface area contributed by atoms with E-state index in [0.717, 1.165) is 22.9 Å². The molecule has 128 valence electrons. The van der Waals surface area contributed by atoms with E-state index in [2.05, 4.69) is 28.5 Å². The van der Waals surface area contributed by atoms with Crippen LogP contribution in [0.3, 0.4) is 0 Å². The van der Waals surface area contributed by atoms with Gasteiger partial charge < -0.3 is 4.98 Å². The van der Waals surface area contributed by atoms with E-state index in [4.69, 9.17) is 0 Å². The number of sulfone groups is 1. The molecule has 1 aromatic carbocycles. The Balaban J connectivity index is 1.61. The van der Waals surface area contributed by atoms with Crippen molar-refractivity contribution in [1.82, 2.24) is 10.4 Å². The van der Waals surface area contributed by atoms with Crippen LogP contribution in [0.5, 0.6) is 0 Å². The van der Waals surface area contributed by atoms with Gasteiger partial charge in [-0.05, 0) is 24.3 Å². The Labute approximate surface area is 141 Å². The fourth-order valence-corrected chi connectivity index (χ4v) is 5.02. The summed E-state index contributed by atoms with van der Waals surface area (Å²) >= 11 is 0. The minimum atomic E-state index is -2.95. The lowest BCUT2D eigenvalue weighted by Crippen LogP contribution is -2.21. The third-order valence-corrected chi connectivity index (χ3v) is 6.25. The van der Waals surface area contributed by atoms with Crippen LogP contribution in [-0.4, -0.2) is 37.0 Å². The van der Waals surface area contributed by atoms with Gasteiger partial charge in [-0.2, -0.15) is 5.10 Å². The molecule has 7 heteroatoms. The van der Waals surface area contributed by atoms with Crippen molar-refractivity contribution in [3.05, 3.63) is 35.5 Å². The predicted molar refractivity (Wildman–Crippen MR) is 94.8 cm³/mol. The molecule has 1 atom stereocenters. The second-order valence-corrected chi connectivity index (χ2v) is 8.43. The van der Waals surface area contributed by atoms with Crippen LogP contribution >= 0.6 is 0 Å². The number of fused-ring (bicyclic) bond motifs is 1. The number of aryl methyl sites for hydroxylation is 1. The number of carbonyl (C=O) groups is 1. The molecular formula is C17H21N3O3S. The Bertz CT molecular complexity index is 884. The standard InChI is InChI=1S/C17H21N3O3S/c1-2-13-4-3-5-15-14(9-18-17(13)15)10-19-20-16(21)8-12-6-7-24(22,23)11-12/h3-5,9-10,12,18H,2,6-8,11H2,1H3,(H,20,21)/b19-10+/t12-/m0/s1. The number of hydrogen-bond acceptors (Lipinski definition) is 4. The molecule has 0 aliphatic carbocycles. The molecule has 2 N–H and O–H groups in total. The van der Waals surface area contributed by atoms with Crippen LogP contribution in [0, 0.1) is 5.92 Å². The molecular weight excluding hydrogens is 326 g/mol. The smallest absolute Gasteiger partial charge is 0.240 e. The molecule has 1 aromatic heterocycles. The van der Waals surface area contributed by atoms with Crippen molar-refractivity contribution in [2.24, 2.45) is 11.0 Å². The molecule has 1 saturated heterocycles. The number of rotatable bonds is 5. The topological polar surface area (TPSA) is 91.4 Å². The van der Waals surface area contributed by atoms with Crippen molar-refractivity contribution in [3.8, 4) is 0 Å². The van der Waals surface area contributed by atoms with Crippen LogP contribution in [0.2, 0.25) is 0 Å². The molecule has 0 spiro atoms. The van der Waals surface area contributed by atoms with Crippen molar-refractivity contribution in [2.75, 3.05) is 11.5 Å². The Kier molecular flexibility index (Phi) is 4.71. The number of benzene rings is 1. The Morgan fingerprint density at radius 1 is 1.46 bits per heavy atom. The van der Waals surface area contributed by atoms with Gasteiger partial charge in [0.1, 0.15) is 0 Å². The van der Waals surface area contributed by atoms with Crippen molar-refractivity contribution < 1.29 is 13.2 Å². The van der Waals surface area contributed by atoms with Crippen LogP contribution in [-0.2, 0) is 21.1 Å². The summed E-state index contributed by atoms with van der Waals surface area (Å²) < 4.78 is 22.8. The molecule has 2 heterocycles. The molecule has 0 unspecified atom stereocenters. The minimum absolute atomic E-state index is 0.0922. The first-order valence-corrected chi connectivity index (χ1v) is 9.92. The average molecular weight is 347 g/mol. The van der Waals surface area contributed by atoms with Crippen LogP contribution in [0.25, 0.3) is 10.9 Å². The summed E-state index contributed by atoms with van der Waals surface area (Å²) in [7, 11) is -2.95. The zero-order valence-corrected chi connectivity index (χ0v) is 14.4. The second kappa shape index (κ2) is 6.76. The summed E-state index contributed by atoms with van der Waals surface area (Å²) in [4.78, 5) is 15.1. The average Bonchev–Trinajstić information content (AvgIpc) is 3.10. The molecule has 24 heavy (non-hydrogen) atoms. The van der Waals surface area contributed by atoms with Gasteiger partial charge in [0.15, 0.2) is 9.84 Å². The number of hydrazone groups is 1. The maximum atomic E-state index is 11.9. The fourth-order valence-electron chi connectivity index (χ4n) is 3.15. The molecule has 2 aromatic rings. The number of para-hydroxylation sites is 1. The molecule has 0 bridgehead atoms.